The second kappa shape index (κ2) is 7.62. The summed E-state index contributed by atoms with van der Waals surface area (Å²) < 4.78 is 5.07. The molecule has 2 N–H and O–H groups in total. The van der Waals surface area contributed by atoms with Crippen LogP contribution in [0.5, 0.6) is 0 Å². The fraction of sp³-hybridized carbons (Fsp3) is 0.190. The van der Waals surface area contributed by atoms with Crippen molar-refractivity contribution >= 4 is 50.8 Å². The second-order valence-corrected chi connectivity index (χ2v) is 8.38. The zero-order valence-electron chi connectivity index (χ0n) is 15.8. The molecule has 152 valence electrons. The Balaban J connectivity index is 1.26. The van der Waals surface area contributed by atoms with Crippen molar-refractivity contribution in [2.75, 3.05) is 11.9 Å². The summed E-state index contributed by atoms with van der Waals surface area (Å²) in [5, 5.41) is 6.65. The van der Waals surface area contributed by atoms with Crippen LogP contribution in [0.1, 0.15) is 27.5 Å². The fourth-order valence-corrected chi connectivity index (χ4v) is 4.56. The maximum absolute atomic E-state index is 12.9. The molecule has 3 aromatic heterocycles. The molecule has 4 aromatic rings. The van der Waals surface area contributed by atoms with Gasteiger partial charge in [-0.3, -0.25) is 14.9 Å². The number of nitrogens with zero attached hydrogens (tertiary/aromatic N) is 2. The maximum atomic E-state index is 12.9. The molecule has 0 saturated heterocycles. The van der Waals surface area contributed by atoms with E-state index in [1.54, 1.807) is 17.5 Å². The molecule has 7 nitrogen and oxygen atoms in total. The molecule has 0 aliphatic carbocycles. The maximum Gasteiger partial charge on any atom is 0.293 e. The number of anilines is 1. The van der Waals surface area contributed by atoms with Gasteiger partial charge in [-0.05, 0) is 30.3 Å². The number of carbonyl (C=O) groups is 2. The number of hydrogen-bond donors (Lipinski definition) is 2. The number of halogens is 1. The van der Waals surface area contributed by atoms with Crippen LogP contribution in [0.4, 0.5) is 5.13 Å². The minimum absolute atomic E-state index is 0.00578. The van der Waals surface area contributed by atoms with Gasteiger partial charge in [-0.2, -0.15) is 0 Å². The molecule has 1 aromatic carbocycles. The average Bonchev–Trinajstić information content (AvgIpc) is 3.47. The summed E-state index contributed by atoms with van der Waals surface area (Å²) >= 11 is 7.44. The van der Waals surface area contributed by atoms with Gasteiger partial charge in [0.2, 0.25) is 5.91 Å². The normalized spacial score (nSPS) is 13.4. The Morgan fingerprint density at radius 2 is 2.23 bits per heavy atom. The smallest absolute Gasteiger partial charge is 0.293 e. The molecule has 30 heavy (non-hydrogen) atoms. The van der Waals surface area contributed by atoms with E-state index in [2.05, 4.69) is 15.3 Å². The first kappa shape index (κ1) is 18.9. The number of H-pyrrole nitrogens is 1. The monoisotopic (exact) mass is 440 g/mol. The number of rotatable bonds is 4. The number of nitrogens with one attached hydrogen (secondary N) is 2. The van der Waals surface area contributed by atoms with Crippen LogP contribution in [-0.2, 0) is 24.2 Å². The van der Waals surface area contributed by atoms with Gasteiger partial charge < -0.3 is 14.3 Å². The van der Waals surface area contributed by atoms with Gasteiger partial charge in [0.1, 0.15) is 0 Å². The predicted octanol–water partition coefficient (Wildman–Crippen LogP) is 4.25. The molecule has 1 aliphatic heterocycles. The number of fused-ring (bicyclic) bond motifs is 3. The largest absolute Gasteiger partial charge is 0.459 e. The van der Waals surface area contributed by atoms with Crippen molar-refractivity contribution in [2.45, 2.75) is 19.4 Å². The lowest BCUT2D eigenvalue weighted by molar-refractivity contribution is -0.131. The predicted molar refractivity (Wildman–Crippen MR) is 115 cm³/mol. The van der Waals surface area contributed by atoms with Gasteiger partial charge in [-0.1, -0.05) is 11.6 Å². The summed E-state index contributed by atoms with van der Waals surface area (Å²) in [6.45, 7) is 1.19. The Morgan fingerprint density at radius 1 is 1.33 bits per heavy atom. The van der Waals surface area contributed by atoms with Gasteiger partial charge in [-0.25, -0.2) is 4.98 Å². The number of amides is 2. The summed E-state index contributed by atoms with van der Waals surface area (Å²) in [5.74, 6) is -0.147. The van der Waals surface area contributed by atoms with Crippen LogP contribution < -0.4 is 5.32 Å². The molecule has 0 fully saturated rings. The minimum Gasteiger partial charge on any atom is -0.459 e. The van der Waals surface area contributed by atoms with Crippen molar-refractivity contribution in [3.8, 4) is 0 Å². The highest BCUT2D eigenvalue weighted by molar-refractivity contribution is 7.14. The highest BCUT2D eigenvalue weighted by atomic mass is 35.5. The highest BCUT2D eigenvalue weighted by Crippen LogP contribution is 2.30. The van der Waals surface area contributed by atoms with Crippen molar-refractivity contribution in [2.24, 2.45) is 0 Å². The number of aromatic nitrogens is 2. The third-order valence-electron chi connectivity index (χ3n) is 5.14. The number of hydrogen-bond acceptors (Lipinski definition) is 5. The topological polar surface area (TPSA) is 91.2 Å². The molecule has 0 bridgehead atoms. The Bertz CT molecular complexity index is 1240. The fourth-order valence-electron chi connectivity index (χ4n) is 3.68. The van der Waals surface area contributed by atoms with Crippen LogP contribution in [0.2, 0.25) is 5.02 Å². The summed E-state index contributed by atoms with van der Waals surface area (Å²) in [7, 11) is 0. The summed E-state index contributed by atoms with van der Waals surface area (Å²) in [6.07, 6.45) is 2.40. The van der Waals surface area contributed by atoms with E-state index in [1.807, 2.05) is 23.1 Å². The van der Waals surface area contributed by atoms with Crippen molar-refractivity contribution in [1.29, 1.82) is 0 Å². The first-order valence-corrected chi connectivity index (χ1v) is 10.7. The summed E-state index contributed by atoms with van der Waals surface area (Å²) in [6, 6.07) is 8.99. The van der Waals surface area contributed by atoms with Gasteiger partial charge in [0.05, 0.1) is 18.4 Å². The third kappa shape index (κ3) is 3.59. The van der Waals surface area contributed by atoms with Crippen LogP contribution in [0.3, 0.4) is 0 Å². The molecule has 2 amide bonds. The lowest BCUT2D eigenvalue weighted by atomic mass is 10.0. The minimum atomic E-state index is -0.367. The first-order valence-electron chi connectivity index (χ1n) is 9.43. The van der Waals surface area contributed by atoms with Crippen LogP contribution in [0.15, 0.2) is 46.4 Å². The van der Waals surface area contributed by atoms with E-state index in [9.17, 15) is 9.59 Å². The zero-order valence-corrected chi connectivity index (χ0v) is 17.3. The third-order valence-corrected chi connectivity index (χ3v) is 6.18. The lowest BCUT2D eigenvalue weighted by Crippen LogP contribution is -2.36. The van der Waals surface area contributed by atoms with Crippen LogP contribution in [0, 0.1) is 0 Å². The van der Waals surface area contributed by atoms with Crippen molar-refractivity contribution < 1.29 is 14.0 Å². The van der Waals surface area contributed by atoms with E-state index in [0.29, 0.717) is 28.9 Å². The molecule has 0 atom stereocenters. The molecule has 5 rings (SSSR count). The molecule has 1 aliphatic rings. The molecule has 0 saturated carbocycles. The van der Waals surface area contributed by atoms with Gasteiger partial charge in [-0.15, -0.1) is 11.3 Å². The van der Waals surface area contributed by atoms with E-state index < -0.39 is 0 Å². The second-order valence-electron chi connectivity index (χ2n) is 7.09. The molecule has 0 spiro atoms. The number of benzene rings is 1. The molecule has 0 radical (unpaired) electrons. The van der Waals surface area contributed by atoms with E-state index in [-0.39, 0.29) is 24.0 Å². The molecule has 9 heteroatoms. The van der Waals surface area contributed by atoms with Crippen LogP contribution >= 0.6 is 22.9 Å². The summed E-state index contributed by atoms with van der Waals surface area (Å²) in [5.41, 5.74) is 3.95. The Morgan fingerprint density at radius 3 is 3.07 bits per heavy atom. The SMILES string of the molecule is O=C(Nc1nc(CC(=O)N2CCc3[nH]c4ccc(Cl)cc4c3C2)cs1)c1ccco1. The van der Waals surface area contributed by atoms with Crippen LogP contribution in [0.25, 0.3) is 10.9 Å². The molecular weight excluding hydrogens is 424 g/mol. The number of thiazole rings is 1. The van der Waals surface area contributed by atoms with Gasteiger partial charge in [0.15, 0.2) is 10.9 Å². The van der Waals surface area contributed by atoms with Crippen LogP contribution in [-0.4, -0.2) is 33.2 Å². The highest BCUT2D eigenvalue weighted by Gasteiger charge is 2.25. The van der Waals surface area contributed by atoms with E-state index in [0.717, 1.165) is 28.6 Å². The van der Waals surface area contributed by atoms with Gasteiger partial charge in [0.25, 0.3) is 5.91 Å². The molecular formula is C21H17ClN4O3S. The van der Waals surface area contributed by atoms with E-state index in [4.69, 9.17) is 16.0 Å². The van der Waals surface area contributed by atoms with Crippen molar-refractivity contribution in [3.63, 3.8) is 0 Å². The van der Waals surface area contributed by atoms with Gasteiger partial charge >= 0.3 is 0 Å². The van der Waals surface area contributed by atoms with Gasteiger partial charge in [0, 0.05) is 52.1 Å². The standard InChI is InChI=1S/C21H17ClN4O3S/c22-12-3-4-16-14(8-12)15-10-26(6-5-17(15)24-16)19(27)9-13-11-30-21(23-13)25-20(28)18-2-1-7-29-18/h1-4,7-8,11,24H,5-6,9-10H2,(H,23,25,28). The molecule has 0 unspecified atom stereocenters. The Labute approximate surface area is 180 Å². The Kier molecular flexibility index (Phi) is 4.80. The molecule has 4 heterocycles. The number of carbonyl (C=O) groups excluding carboxylic acids is 2. The lowest BCUT2D eigenvalue weighted by Gasteiger charge is -2.27. The van der Waals surface area contributed by atoms with Crippen molar-refractivity contribution in [1.82, 2.24) is 14.9 Å². The first-order chi connectivity index (χ1) is 14.6. The van der Waals surface area contributed by atoms with E-state index in [1.165, 1.54) is 17.6 Å². The zero-order chi connectivity index (χ0) is 20.7. The van der Waals surface area contributed by atoms with Crippen molar-refractivity contribution in [3.05, 3.63) is 69.7 Å². The Hall–Kier alpha value is -3.10. The quantitative estimate of drug-likeness (QED) is 0.496. The summed E-state index contributed by atoms with van der Waals surface area (Å²) in [4.78, 5) is 34.6. The number of furan rings is 1. The average molecular weight is 441 g/mol. The number of aromatic amines is 1. The van der Waals surface area contributed by atoms with E-state index >= 15 is 0 Å².